The Balaban J connectivity index is 0.00000225. The Bertz CT molecular complexity index is 490. The van der Waals surface area contributed by atoms with E-state index in [0.717, 1.165) is 0 Å². The van der Waals surface area contributed by atoms with Crippen LogP contribution < -0.4 is 29.6 Å². The van der Waals surface area contributed by atoms with Crippen LogP contribution >= 0.6 is 0 Å². The van der Waals surface area contributed by atoms with E-state index in [1.54, 1.807) is 6.92 Å². The summed E-state index contributed by atoms with van der Waals surface area (Å²) in [6.07, 6.45) is 0.174. The van der Waals surface area contributed by atoms with Gasteiger partial charge in [0.15, 0.2) is 5.82 Å². The second-order valence-electron chi connectivity index (χ2n) is 2.91. The molecule has 0 amide bonds. The molecule has 82 valence electrons. The first-order valence-electron chi connectivity index (χ1n) is 4.15. The van der Waals surface area contributed by atoms with Gasteiger partial charge in [-0.05, 0) is 6.42 Å². The zero-order valence-electron chi connectivity index (χ0n) is 9.04. The molecule has 1 rings (SSSR count). The third kappa shape index (κ3) is 5.05. The summed E-state index contributed by atoms with van der Waals surface area (Å²) in [5.74, 6) is 0.126. The molecule has 1 aromatic heterocycles. The summed E-state index contributed by atoms with van der Waals surface area (Å²) in [6.45, 7) is 8.60. The fourth-order valence-electron chi connectivity index (χ4n) is 1.06. The Labute approximate surface area is 116 Å². The minimum absolute atomic E-state index is 0. The Morgan fingerprint density at radius 2 is 2.19 bits per heavy atom. The zero-order valence-corrected chi connectivity index (χ0v) is 11.9. The van der Waals surface area contributed by atoms with Crippen molar-refractivity contribution in [1.29, 1.82) is 0 Å². The van der Waals surface area contributed by atoms with Crippen LogP contribution in [0.15, 0.2) is 0 Å². The number of rotatable bonds is 4. The number of hydrogen-bond acceptors (Lipinski definition) is 5. The van der Waals surface area contributed by atoms with E-state index in [1.807, 2.05) is 0 Å². The van der Waals surface area contributed by atoms with Crippen LogP contribution in [0.3, 0.4) is 0 Å². The van der Waals surface area contributed by atoms with E-state index in [9.17, 15) is 13.0 Å². The summed E-state index contributed by atoms with van der Waals surface area (Å²) in [5.41, 5.74) is 0. The van der Waals surface area contributed by atoms with Gasteiger partial charge in [0, 0.05) is 12.7 Å². The van der Waals surface area contributed by atoms with Gasteiger partial charge in [0.1, 0.15) is 0 Å². The minimum atomic E-state index is -4.18. The van der Waals surface area contributed by atoms with Crippen LogP contribution in [-0.2, 0) is 16.7 Å². The van der Waals surface area contributed by atoms with Gasteiger partial charge in [-0.1, -0.05) is 5.10 Å². The third-order valence-electron chi connectivity index (χ3n) is 1.71. The Hall–Kier alpha value is -0.460. The molecule has 7 nitrogen and oxygen atoms in total. The first-order chi connectivity index (χ1) is 6.92. The van der Waals surface area contributed by atoms with Crippen LogP contribution in [0, 0.1) is 13.5 Å². The van der Waals surface area contributed by atoms with Gasteiger partial charge in [0.25, 0.3) is 0 Å². The molecule has 16 heavy (non-hydrogen) atoms. The van der Waals surface area contributed by atoms with Crippen LogP contribution in [-0.4, -0.2) is 33.5 Å². The van der Waals surface area contributed by atoms with Crippen molar-refractivity contribution in [2.24, 2.45) is 0 Å². The number of aryl methyl sites for hydroxylation is 2. The molecule has 0 bridgehead atoms. The molecule has 9 heteroatoms. The topological polar surface area (TPSA) is 92.3 Å². The molecule has 0 aromatic carbocycles. The minimum Gasteiger partial charge on any atom is -0.748 e. The second kappa shape index (κ2) is 6.32. The van der Waals surface area contributed by atoms with Gasteiger partial charge in [-0.15, -0.1) is 11.6 Å². The first kappa shape index (κ1) is 15.5. The van der Waals surface area contributed by atoms with Crippen LogP contribution in [0.4, 0.5) is 5.95 Å². The van der Waals surface area contributed by atoms with Gasteiger partial charge >= 0.3 is 35.5 Å². The predicted octanol–water partition coefficient (Wildman–Crippen LogP) is -2.92. The van der Waals surface area contributed by atoms with E-state index in [2.05, 4.69) is 14.9 Å². The van der Waals surface area contributed by atoms with Crippen molar-refractivity contribution < 1.29 is 42.5 Å². The van der Waals surface area contributed by atoms with Crippen molar-refractivity contribution in [1.82, 2.24) is 14.8 Å². The van der Waals surface area contributed by atoms with Crippen molar-refractivity contribution in [3.8, 4) is 0 Å². The largest absolute Gasteiger partial charge is 1.00 e. The number of nitrogens with zero attached hydrogens (tertiary/aromatic N) is 4. The van der Waals surface area contributed by atoms with Crippen LogP contribution in [0.5, 0.6) is 0 Å². The summed E-state index contributed by atoms with van der Waals surface area (Å²) in [4.78, 5) is 6.85. The van der Waals surface area contributed by atoms with Crippen LogP contribution in [0.25, 0.3) is 4.85 Å². The number of aromatic nitrogens is 3. The zero-order chi connectivity index (χ0) is 11.5. The molecular formula is C7H9N4NaO3S. The van der Waals surface area contributed by atoms with Gasteiger partial charge in [0.2, 0.25) is 0 Å². The predicted molar refractivity (Wildman–Crippen MR) is 50.2 cm³/mol. The molecule has 0 unspecified atom stereocenters. The standard InChI is InChI=1S/C7H10N4O3S.Na/c1-6-9-7(8-2)10-11(6)4-3-5-15(12,13)14;/h3-5H2,1H3,(H,12,13,14);/q;+1/p-1. The fourth-order valence-corrected chi connectivity index (χ4v) is 1.54. The smallest absolute Gasteiger partial charge is 0.748 e. The van der Waals surface area contributed by atoms with E-state index in [4.69, 9.17) is 6.57 Å². The molecule has 0 fully saturated rings. The van der Waals surface area contributed by atoms with Crippen molar-refractivity contribution in [3.63, 3.8) is 0 Å². The normalized spacial score (nSPS) is 10.6. The molecule has 0 atom stereocenters. The second-order valence-corrected chi connectivity index (χ2v) is 4.43. The first-order valence-corrected chi connectivity index (χ1v) is 5.72. The molecular weight excluding hydrogens is 243 g/mol. The van der Waals surface area contributed by atoms with Gasteiger partial charge in [-0.3, -0.25) is 0 Å². The average Bonchev–Trinajstić information content (AvgIpc) is 2.45. The fraction of sp³-hybridized carbons (Fsp3) is 0.571. The number of hydrogen-bond donors (Lipinski definition) is 0. The Morgan fingerprint density at radius 3 is 2.62 bits per heavy atom. The maximum absolute atomic E-state index is 10.3. The summed E-state index contributed by atoms with van der Waals surface area (Å²) >= 11 is 0. The SMILES string of the molecule is [C-]#[N+]c1nc(C)n(CCCS(=O)(=O)[O-])n1.[Na+]. The van der Waals surface area contributed by atoms with E-state index in [-0.39, 0.29) is 48.5 Å². The van der Waals surface area contributed by atoms with Crippen molar-refractivity contribution in [3.05, 3.63) is 17.2 Å². The van der Waals surface area contributed by atoms with E-state index < -0.39 is 15.9 Å². The van der Waals surface area contributed by atoms with Gasteiger partial charge < -0.3 is 9.40 Å². The molecule has 0 aliphatic heterocycles. The van der Waals surface area contributed by atoms with Gasteiger partial charge in [0.05, 0.1) is 16.7 Å². The third-order valence-corrected chi connectivity index (χ3v) is 2.50. The summed E-state index contributed by atoms with van der Waals surface area (Å²) in [5, 5.41) is 3.80. The monoisotopic (exact) mass is 252 g/mol. The molecule has 0 aliphatic rings. The molecule has 0 radical (unpaired) electrons. The summed E-state index contributed by atoms with van der Waals surface area (Å²) in [6, 6.07) is 0. The Morgan fingerprint density at radius 1 is 1.56 bits per heavy atom. The molecule has 0 saturated heterocycles. The van der Waals surface area contributed by atoms with Crippen LogP contribution in [0.2, 0.25) is 0 Å². The van der Waals surface area contributed by atoms with E-state index in [0.29, 0.717) is 5.82 Å². The average molecular weight is 252 g/mol. The van der Waals surface area contributed by atoms with Gasteiger partial charge in [-0.25, -0.2) is 8.42 Å². The van der Waals surface area contributed by atoms with E-state index >= 15 is 0 Å². The van der Waals surface area contributed by atoms with Crippen molar-refractivity contribution in [2.75, 3.05) is 5.75 Å². The molecule has 1 heterocycles. The molecule has 0 saturated carbocycles. The molecule has 0 N–H and O–H groups in total. The van der Waals surface area contributed by atoms with Gasteiger partial charge in [-0.2, -0.15) is 4.68 Å². The quantitative estimate of drug-likeness (QED) is 0.325. The van der Waals surface area contributed by atoms with E-state index in [1.165, 1.54) is 4.68 Å². The summed E-state index contributed by atoms with van der Waals surface area (Å²) in [7, 11) is -4.18. The van der Waals surface area contributed by atoms with Crippen molar-refractivity contribution in [2.45, 2.75) is 19.9 Å². The molecule has 0 spiro atoms. The molecule has 0 aliphatic carbocycles. The molecule has 1 aromatic rings. The maximum Gasteiger partial charge on any atom is 1.00 e. The maximum atomic E-state index is 10.3. The summed E-state index contributed by atoms with van der Waals surface area (Å²) < 4.78 is 32.4. The Kier molecular flexibility index (Phi) is 6.14. The van der Waals surface area contributed by atoms with Crippen LogP contribution in [0.1, 0.15) is 12.2 Å². The van der Waals surface area contributed by atoms with Crippen molar-refractivity contribution >= 4 is 16.1 Å².